The number of epoxide rings is 1. The quantitative estimate of drug-likeness (QED) is 0.706. The van der Waals surface area contributed by atoms with Crippen molar-refractivity contribution in [2.75, 3.05) is 6.61 Å². The Kier molecular flexibility index (Phi) is 2.91. The van der Waals surface area contributed by atoms with Gasteiger partial charge in [-0.15, -0.1) is 0 Å². The number of ether oxygens (including phenoxy) is 1. The third kappa shape index (κ3) is 1.98. The molecule has 0 aromatic rings. The first-order valence-corrected chi connectivity index (χ1v) is 7.94. The van der Waals surface area contributed by atoms with E-state index in [0.29, 0.717) is 22.5 Å². The van der Waals surface area contributed by atoms with Gasteiger partial charge in [-0.25, -0.2) is 0 Å². The van der Waals surface area contributed by atoms with Crippen LogP contribution in [0.3, 0.4) is 0 Å². The molecule has 1 aliphatic heterocycles. The molecule has 0 amide bonds. The number of rotatable bonds is 2. The lowest BCUT2D eigenvalue weighted by atomic mass is 9.46. The molecule has 3 fully saturated rings. The molecule has 19 heavy (non-hydrogen) atoms. The van der Waals surface area contributed by atoms with Crippen molar-refractivity contribution in [3.05, 3.63) is 0 Å². The summed E-state index contributed by atoms with van der Waals surface area (Å²) in [7, 11) is 0. The molecule has 1 heterocycles. The average molecular weight is 264 g/mol. The van der Waals surface area contributed by atoms with E-state index in [-0.39, 0.29) is 5.60 Å². The van der Waals surface area contributed by atoms with E-state index < -0.39 is 0 Å². The minimum absolute atomic E-state index is 0.0737. The Morgan fingerprint density at radius 1 is 1.21 bits per heavy atom. The number of Topliss-reactive ketones (excluding diaryl/α,β-unsaturated/α-hetero) is 1. The largest absolute Gasteiger partial charge is 0.369 e. The van der Waals surface area contributed by atoms with Gasteiger partial charge in [0.2, 0.25) is 0 Å². The van der Waals surface area contributed by atoms with E-state index in [4.69, 9.17) is 4.74 Å². The van der Waals surface area contributed by atoms with E-state index in [1.54, 1.807) is 6.92 Å². The van der Waals surface area contributed by atoms with Crippen LogP contribution >= 0.6 is 0 Å². The number of ketones is 1. The van der Waals surface area contributed by atoms with Crippen LogP contribution in [-0.2, 0) is 9.53 Å². The van der Waals surface area contributed by atoms with Crippen LogP contribution in [0, 0.1) is 22.7 Å². The van der Waals surface area contributed by atoms with Crippen molar-refractivity contribution in [2.24, 2.45) is 22.7 Å². The standard InChI is InChI=1S/C17H28O2/c1-12(18)10-14-16(4)8-5-7-15(2,3)13(16)6-9-17(14)11-19-17/h13-14H,5-11H2,1-4H3/t13?,14-,16+,17-/m1/s1. The Balaban J connectivity index is 1.95. The second kappa shape index (κ2) is 4.07. The van der Waals surface area contributed by atoms with Crippen LogP contribution in [0.15, 0.2) is 0 Å². The van der Waals surface area contributed by atoms with E-state index in [2.05, 4.69) is 20.8 Å². The summed E-state index contributed by atoms with van der Waals surface area (Å²) in [6.07, 6.45) is 7.12. The first kappa shape index (κ1) is 13.6. The van der Waals surface area contributed by atoms with Gasteiger partial charge < -0.3 is 9.53 Å². The van der Waals surface area contributed by atoms with Gasteiger partial charge in [0.05, 0.1) is 12.2 Å². The number of fused-ring (bicyclic) bond motifs is 1. The third-order valence-corrected chi connectivity index (χ3v) is 6.57. The zero-order valence-corrected chi connectivity index (χ0v) is 12.9. The highest BCUT2D eigenvalue weighted by Gasteiger charge is 2.65. The monoisotopic (exact) mass is 264 g/mol. The topological polar surface area (TPSA) is 29.6 Å². The molecule has 2 heteroatoms. The van der Waals surface area contributed by atoms with Crippen molar-refractivity contribution >= 4 is 5.78 Å². The Morgan fingerprint density at radius 3 is 2.47 bits per heavy atom. The molecule has 108 valence electrons. The van der Waals surface area contributed by atoms with Crippen molar-refractivity contribution in [2.45, 2.75) is 71.8 Å². The maximum absolute atomic E-state index is 11.8. The summed E-state index contributed by atoms with van der Waals surface area (Å²) in [4.78, 5) is 11.8. The highest BCUT2D eigenvalue weighted by atomic mass is 16.6. The van der Waals surface area contributed by atoms with Crippen LogP contribution in [0.5, 0.6) is 0 Å². The lowest BCUT2D eigenvalue weighted by Gasteiger charge is -2.59. The zero-order valence-electron chi connectivity index (χ0n) is 12.9. The Labute approximate surface area is 117 Å². The van der Waals surface area contributed by atoms with Gasteiger partial charge in [-0.1, -0.05) is 27.2 Å². The van der Waals surface area contributed by atoms with Gasteiger partial charge in [0.15, 0.2) is 0 Å². The summed E-state index contributed by atoms with van der Waals surface area (Å²) in [5.74, 6) is 1.55. The Bertz CT molecular complexity index is 394. The predicted octanol–water partition coefficient (Wildman–Crippen LogP) is 3.98. The van der Waals surface area contributed by atoms with Crippen LogP contribution in [0.25, 0.3) is 0 Å². The fraction of sp³-hybridized carbons (Fsp3) is 0.941. The normalized spacial score (nSPS) is 47.8. The molecule has 3 aliphatic rings. The maximum Gasteiger partial charge on any atom is 0.130 e. The molecule has 4 atom stereocenters. The first-order chi connectivity index (χ1) is 8.80. The molecule has 1 unspecified atom stereocenters. The van der Waals surface area contributed by atoms with Gasteiger partial charge in [-0.2, -0.15) is 0 Å². The average Bonchev–Trinajstić information content (AvgIpc) is 3.03. The van der Waals surface area contributed by atoms with E-state index in [1.165, 1.54) is 32.1 Å². The summed E-state index contributed by atoms with van der Waals surface area (Å²) < 4.78 is 5.88. The molecule has 0 N–H and O–H groups in total. The van der Waals surface area contributed by atoms with Gasteiger partial charge in [0.25, 0.3) is 0 Å². The number of carbonyl (C=O) groups excluding carboxylic acids is 1. The molecule has 2 aliphatic carbocycles. The van der Waals surface area contributed by atoms with E-state index in [0.717, 1.165) is 18.9 Å². The summed E-state index contributed by atoms with van der Waals surface area (Å²) in [5, 5.41) is 0. The fourth-order valence-corrected chi connectivity index (χ4v) is 5.61. The van der Waals surface area contributed by atoms with Gasteiger partial charge in [0.1, 0.15) is 5.78 Å². The van der Waals surface area contributed by atoms with Crippen LogP contribution in [0.1, 0.15) is 66.2 Å². The van der Waals surface area contributed by atoms with Crippen LogP contribution < -0.4 is 0 Å². The van der Waals surface area contributed by atoms with Crippen molar-refractivity contribution in [3.63, 3.8) is 0 Å². The summed E-state index contributed by atoms with van der Waals surface area (Å²) >= 11 is 0. The lowest BCUT2D eigenvalue weighted by molar-refractivity contribution is -0.131. The fourth-order valence-electron chi connectivity index (χ4n) is 5.61. The molecule has 0 radical (unpaired) electrons. The van der Waals surface area contributed by atoms with Gasteiger partial charge in [-0.3, -0.25) is 0 Å². The van der Waals surface area contributed by atoms with Crippen molar-refractivity contribution in [1.29, 1.82) is 0 Å². The van der Waals surface area contributed by atoms with Gasteiger partial charge in [0, 0.05) is 12.3 Å². The molecule has 0 aromatic heterocycles. The SMILES string of the molecule is CC(=O)C[C@H]1[C@@]2(CCC3C(C)(C)CCC[C@@]31C)CO2. The number of carbonyl (C=O) groups is 1. The summed E-state index contributed by atoms with van der Waals surface area (Å²) in [6.45, 7) is 9.97. The number of hydrogen-bond acceptors (Lipinski definition) is 2. The second-order valence-corrected chi connectivity index (χ2v) is 8.25. The Hall–Kier alpha value is -0.370. The molecule has 1 saturated heterocycles. The molecule has 0 bridgehead atoms. The summed E-state index contributed by atoms with van der Waals surface area (Å²) in [5.41, 5.74) is 0.811. The molecule has 2 saturated carbocycles. The highest BCUT2D eigenvalue weighted by Crippen LogP contribution is 2.66. The van der Waals surface area contributed by atoms with Crippen LogP contribution in [-0.4, -0.2) is 18.0 Å². The Morgan fingerprint density at radius 2 is 1.89 bits per heavy atom. The molecule has 2 nitrogen and oxygen atoms in total. The first-order valence-electron chi connectivity index (χ1n) is 7.94. The van der Waals surface area contributed by atoms with Gasteiger partial charge in [-0.05, 0) is 49.4 Å². The molecule has 1 spiro atoms. The lowest BCUT2D eigenvalue weighted by Crippen LogP contribution is -2.55. The second-order valence-electron chi connectivity index (χ2n) is 8.25. The maximum atomic E-state index is 11.8. The minimum Gasteiger partial charge on any atom is -0.369 e. The zero-order chi connectivity index (χ0) is 13.9. The van der Waals surface area contributed by atoms with Crippen LogP contribution in [0.4, 0.5) is 0 Å². The van der Waals surface area contributed by atoms with Crippen LogP contribution in [0.2, 0.25) is 0 Å². The van der Waals surface area contributed by atoms with E-state index in [1.807, 2.05) is 0 Å². The molecular formula is C17H28O2. The smallest absolute Gasteiger partial charge is 0.130 e. The molecule has 3 rings (SSSR count). The minimum atomic E-state index is 0.0737. The number of hydrogen-bond donors (Lipinski definition) is 0. The molecule has 0 aromatic carbocycles. The van der Waals surface area contributed by atoms with E-state index in [9.17, 15) is 4.79 Å². The summed E-state index contributed by atoms with van der Waals surface area (Å²) in [6, 6.07) is 0. The van der Waals surface area contributed by atoms with Crippen molar-refractivity contribution in [3.8, 4) is 0 Å². The predicted molar refractivity (Wildman–Crippen MR) is 75.9 cm³/mol. The highest BCUT2D eigenvalue weighted by molar-refractivity contribution is 5.76. The van der Waals surface area contributed by atoms with Gasteiger partial charge >= 0.3 is 0 Å². The third-order valence-electron chi connectivity index (χ3n) is 6.57. The van der Waals surface area contributed by atoms with Crippen molar-refractivity contribution < 1.29 is 9.53 Å². The molecular weight excluding hydrogens is 236 g/mol. The van der Waals surface area contributed by atoms with E-state index >= 15 is 0 Å². The van der Waals surface area contributed by atoms with Crippen molar-refractivity contribution in [1.82, 2.24) is 0 Å².